The lowest BCUT2D eigenvalue weighted by atomic mass is 10.3. The first-order valence-electron chi connectivity index (χ1n) is 3.72. The van der Waals surface area contributed by atoms with E-state index in [0.29, 0.717) is 30.2 Å². The summed E-state index contributed by atoms with van der Waals surface area (Å²) in [7, 11) is 0. The first kappa shape index (κ1) is 8.58. The van der Waals surface area contributed by atoms with Gasteiger partial charge in [0.05, 0.1) is 11.9 Å². The van der Waals surface area contributed by atoms with Crippen molar-refractivity contribution in [2.75, 3.05) is 11.5 Å². The fraction of sp³-hybridized carbons (Fsp3) is 0.429. The molecule has 0 saturated carbocycles. The van der Waals surface area contributed by atoms with Crippen LogP contribution in [0.5, 0.6) is 0 Å². The molecule has 1 aromatic heterocycles. The molecule has 0 radical (unpaired) electrons. The molecule has 1 heterocycles. The number of rotatable bonds is 3. The van der Waals surface area contributed by atoms with Gasteiger partial charge < -0.3 is 16.9 Å². The maximum Gasteiger partial charge on any atom is 0.145 e. The molecule has 1 aromatic rings. The predicted molar refractivity (Wildman–Crippen MR) is 49.1 cm³/mol. The third-order valence-electron chi connectivity index (χ3n) is 1.61. The maximum atomic E-state index is 7.21. The van der Waals surface area contributed by atoms with Crippen molar-refractivity contribution in [2.24, 2.45) is 0 Å². The molecule has 0 unspecified atom stereocenters. The van der Waals surface area contributed by atoms with E-state index < -0.39 is 0 Å². The average Bonchev–Trinajstić information content (AvgIpc) is 2.30. The third kappa shape index (κ3) is 1.75. The number of nitrogens with two attached hydrogens (primary N) is 2. The van der Waals surface area contributed by atoms with Crippen molar-refractivity contribution in [2.45, 2.75) is 19.9 Å². The van der Waals surface area contributed by atoms with E-state index in [2.05, 4.69) is 5.10 Å². The summed E-state index contributed by atoms with van der Waals surface area (Å²) in [6.07, 6.45) is 2.18. The molecule has 0 fully saturated rings. The summed E-state index contributed by atoms with van der Waals surface area (Å²) in [6.45, 7) is 2.38. The van der Waals surface area contributed by atoms with E-state index in [-0.39, 0.29) is 0 Å². The minimum absolute atomic E-state index is 0.483. The highest BCUT2D eigenvalue weighted by Crippen LogP contribution is 2.12. The fourth-order valence-electron chi connectivity index (χ4n) is 0.861. The number of aryl methyl sites for hydroxylation is 1. The molecule has 0 bridgehead atoms. The van der Waals surface area contributed by atoms with Crippen molar-refractivity contribution in [1.82, 2.24) is 9.78 Å². The molecule has 0 aromatic carbocycles. The number of nitrogen functional groups attached to an aromatic ring is 2. The molecule has 0 aliphatic rings. The van der Waals surface area contributed by atoms with Crippen LogP contribution in [0.2, 0.25) is 0 Å². The van der Waals surface area contributed by atoms with Crippen LogP contribution in [-0.4, -0.2) is 15.5 Å². The van der Waals surface area contributed by atoms with Crippen molar-refractivity contribution in [1.29, 1.82) is 5.41 Å². The van der Waals surface area contributed by atoms with Crippen LogP contribution in [0.3, 0.4) is 0 Å². The molecule has 5 heteroatoms. The fourth-order valence-corrected chi connectivity index (χ4v) is 0.861. The smallest absolute Gasteiger partial charge is 0.145 e. The largest absolute Gasteiger partial charge is 0.394 e. The molecule has 0 saturated heterocycles. The number of hydrogen-bond acceptors (Lipinski definition) is 4. The van der Waals surface area contributed by atoms with Crippen molar-refractivity contribution >= 4 is 17.2 Å². The van der Waals surface area contributed by atoms with Gasteiger partial charge in [-0.05, 0) is 6.92 Å². The van der Waals surface area contributed by atoms with Crippen molar-refractivity contribution in [3.8, 4) is 0 Å². The molecule has 0 amide bonds. The summed E-state index contributed by atoms with van der Waals surface area (Å²) in [5.74, 6) is 0.483. The Morgan fingerprint density at radius 3 is 2.75 bits per heavy atom. The monoisotopic (exact) mass is 167 g/mol. The number of nitrogens with zero attached hydrogens (tertiary/aromatic N) is 2. The zero-order chi connectivity index (χ0) is 9.14. The average molecular weight is 167 g/mol. The van der Waals surface area contributed by atoms with Gasteiger partial charge in [0.15, 0.2) is 0 Å². The molecule has 1 rings (SSSR count). The van der Waals surface area contributed by atoms with Crippen molar-refractivity contribution in [3.05, 3.63) is 6.20 Å². The third-order valence-corrected chi connectivity index (χ3v) is 1.61. The van der Waals surface area contributed by atoms with Crippen LogP contribution in [0.15, 0.2) is 6.20 Å². The summed E-state index contributed by atoms with van der Waals surface area (Å²) in [5, 5.41) is 11.2. The van der Waals surface area contributed by atoms with Crippen LogP contribution in [0.1, 0.15) is 13.3 Å². The summed E-state index contributed by atoms with van der Waals surface area (Å²) < 4.78 is 1.60. The summed E-state index contributed by atoms with van der Waals surface area (Å²) in [4.78, 5) is 0. The number of anilines is 2. The van der Waals surface area contributed by atoms with Crippen LogP contribution >= 0.6 is 0 Å². The Morgan fingerprint density at radius 2 is 2.33 bits per heavy atom. The van der Waals surface area contributed by atoms with Gasteiger partial charge in [-0.15, -0.1) is 0 Å². The lowest BCUT2D eigenvalue weighted by Crippen LogP contribution is -2.07. The van der Waals surface area contributed by atoms with E-state index in [1.54, 1.807) is 11.6 Å². The Balaban J connectivity index is 2.63. The van der Waals surface area contributed by atoms with E-state index in [1.807, 2.05) is 0 Å². The van der Waals surface area contributed by atoms with E-state index in [1.165, 1.54) is 6.20 Å². The van der Waals surface area contributed by atoms with Crippen LogP contribution in [0.25, 0.3) is 0 Å². The first-order valence-corrected chi connectivity index (χ1v) is 3.72. The minimum atomic E-state index is 0.483. The molecule has 0 aliphatic heterocycles. The highest BCUT2D eigenvalue weighted by molar-refractivity contribution is 5.78. The number of hydrogen-bond donors (Lipinski definition) is 3. The second kappa shape index (κ2) is 3.25. The molecule has 5 N–H and O–H groups in total. The molecule has 5 nitrogen and oxygen atoms in total. The van der Waals surface area contributed by atoms with E-state index >= 15 is 0 Å². The van der Waals surface area contributed by atoms with Crippen LogP contribution < -0.4 is 11.5 Å². The quantitative estimate of drug-likeness (QED) is 0.571. The minimum Gasteiger partial charge on any atom is -0.394 e. The van der Waals surface area contributed by atoms with E-state index in [4.69, 9.17) is 16.9 Å². The van der Waals surface area contributed by atoms with Crippen LogP contribution in [0, 0.1) is 5.41 Å². The molecule has 66 valence electrons. The Kier molecular flexibility index (Phi) is 2.32. The van der Waals surface area contributed by atoms with Crippen LogP contribution in [0.4, 0.5) is 11.5 Å². The second-order valence-corrected chi connectivity index (χ2v) is 2.74. The van der Waals surface area contributed by atoms with Crippen LogP contribution in [-0.2, 0) is 6.54 Å². The first-order chi connectivity index (χ1) is 5.61. The van der Waals surface area contributed by atoms with Gasteiger partial charge >= 0.3 is 0 Å². The van der Waals surface area contributed by atoms with E-state index in [9.17, 15) is 0 Å². The van der Waals surface area contributed by atoms with Crippen molar-refractivity contribution in [3.63, 3.8) is 0 Å². The van der Waals surface area contributed by atoms with Crippen molar-refractivity contribution < 1.29 is 0 Å². The standard InChI is InChI=1S/C7H13N5/c1-5(8)2-3-12-7(10)6(9)4-11-12/h4,8H,2-3,9-10H2,1H3. The van der Waals surface area contributed by atoms with Gasteiger partial charge in [-0.1, -0.05) is 0 Å². The SMILES string of the molecule is CC(=N)CCn1ncc(N)c1N. The Labute approximate surface area is 70.9 Å². The molecular weight excluding hydrogens is 154 g/mol. The van der Waals surface area contributed by atoms with Gasteiger partial charge in [-0.3, -0.25) is 0 Å². The lowest BCUT2D eigenvalue weighted by molar-refractivity contribution is 0.642. The maximum absolute atomic E-state index is 7.21. The van der Waals surface area contributed by atoms with Gasteiger partial charge in [-0.2, -0.15) is 5.10 Å². The zero-order valence-electron chi connectivity index (χ0n) is 7.04. The predicted octanol–water partition coefficient (Wildman–Crippen LogP) is 0.477. The number of aromatic nitrogens is 2. The molecular formula is C7H13N5. The van der Waals surface area contributed by atoms with Gasteiger partial charge in [0, 0.05) is 18.7 Å². The highest BCUT2D eigenvalue weighted by atomic mass is 15.3. The zero-order valence-corrected chi connectivity index (χ0v) is 7.04. The topological polar surface area (TPSA) is 93.7 Å². The summed E-state index contributed by atoms with van der Waals surface area (Å²) in [5.41, 5.74) is 12.2. The second-order valence-electron chi connectivity index (χ2n) is 2.74. The van der Waals surface area contributed by atoms with Gasteiger partial charge in [0.2, 0.25) is 0 Å². The Hall–Kier alpha value is -1.52. The normalized spacial score (nSPS) is 10.1. The van der Waals surface area contributed by atoms with E-state index in [0.717, 1.165) is 0 Å². The molecule has 0 atom stereocenters. The molecule has 0 spiro atoms. The summed E-state index contributed by atoms with van der Waals surface area (Å²) >= 11 is 0. The Bertz CT molecular complexity index is 288. The highest BCUT2D eigenvalue weighted by Gasteiger charge is 2.02. The van der Waals surface area contributed by atoms with Gasteiger partial charge in [0.1, 0.15) is 5.82 Å². The molecule has 0 aliphatic carbocycles. The molecule has 12 heavy (non-hydrogen) atoms. The van der Waals surface area contributed by atoms with Gasteiger partial charge in [0.25, 0.3) is 0 Å². The van der Waals surface area contributed by atoms with Gasteiger partial charge in [-0.25, -0.2) is 4.68 Å². The lowest BCUT2D eigenvalue weighted by Gasteiger charge is -2.02. The summed E-state index contributed by atoms with van der Waals surface area (Å²) in [6, 6.07) is 0. The Morgan fingerprint density at radius 1 is 1.67 bits per heavy atom. The number of nitrogens with one attached hydrogen (secondary N) is 1.